The maximum Gasteiger partial charge on any atom is 0.251 e. The van der Waals surface area contributed by atoms with Crippen molar-refractivity contribution in [3.8, 4) is 5.75 Å². The molecule has 4 rings (SSSR count). The summed E-state index contributed by atoms with van der Waals surface area (Å²) in [5.41, 5.74) is 4.22. The number of nitrogens with zero attached hydrogens (tertiary/aromatic N) is 1. The zero-order valence-electron chi connectivity index (χ0n) is 22.4. The molecule has 1 amide bonds. The maximum atomic E-state index is 12.9. The number of aliphatic hydroxyl groups excluding tert-OH is 1. The largest absolute Gasteiger partial charge is 0.482 e. The fraction of sp³-hybridized carbons (Fsp3) is 0.500. The second-order valence-corrected chi connectivity index (χ2v) is 11.1. The Morgan fingerprint density at radius 3 is 2.39 bits per heavy atom. The molecule has 0 radical (unpaired) electrons. The van der Waals surface area contributed by atoms with Crippen molar-refractivity contribution in [2.24, 2.45) is 5.41 Å². The first-order chi connectivity index (χ1) is 17.1. The summed E-state index contributed by atoms with van der Waals surface area (Å²) < 4.78 is 6.59. The molecule has 2 aromatic carbocycles. The summed E-state index contributed by atoms with van der Waals surface area (Å²) in [7, 11) is 0. The molecular weight excluding hydrogens is 450 g/mol. The van der Waals surface area contributed by atoms with E-state index in [1.54, 1.807) is 0 Å². The molecule has 2 aromatic rings. The molecule has 1 fully saturated rings. The second-order valence-electron chi connectivity index (χ2n) is 11.1. The number of piperidine rings is 1. The van der Waals surface area contributed by atoms with E-state index in [-0.39, 0.29) is 16.9 Å². The molecule has 2 aliphatic rings. The van der Waals surface area contributed by atoms with Gasteiger partial charge in [-0.15, -0.1) is 0 Å². The van der Waals surface area contributed by atoms with Gasteiger partial charge in [0.1, 0.15) is 17.6 Å². The summed E-state index contributed by atoms with van der Waals surface area (Å²) in [6.45, 7) is 14.4. The molecule has 194 valence electrons. The Bertz CT molecular complexity index is 1090. The standard InChI is InChI=1S/C30H41N3O3/c1-6-33(7-2)28(35)22-10-8-21(9-11-22)25-19-30(14-16-31-17-15-30)36-26-13-12-23(18-24(25)26)27(34)32-20-29(3,4)5/h8-13,18-19,28,31,35H,6-7,14-17,20H2,1-5H3,(H,32,34). The number of hydrogen-bond acceptors (Lipinski definition) is 5. The first-order valence-electron chi connectivity index (χ1n) is 13.2. The Morgan fingerprint density at radius 2 is 1.78 bits per heavy atom. The van der Waals surface area contributed by atoms with E-state index in [0.29, 0.717) is 12.1 Å². The van der Waals surface area contributed by atoms with Crippen molar-refractivity contribution in [3.05, 3.63) is 70.8 Å². The number of aliphatic hydroxyl groups is 1. The third kappa shape index (κ3) is 5.83. The van der Waals surface area contributed by atoms with Crippen molar-refractivity contribution < 1.29 is 14.6 Å². The molecule has 6 heteroatoms. The second kappa shape index (κ2) is 10.8. The number of hydrogen-bond donors (Lipinski definition) is 3. The van der Waals surface area contributed by atoms with Gasteiger partial charge >= 0.3 is 0 Å². The first-order valence-corrected chi connectivity index (χ1v) is 13.2. The van der Waals surface area contributed by atoms with Crippen LogP contribution in [0.1, 0.15) is 80.7 Å². The van der Waals surface area contributed by atoms with Crippen LogP contribution >= 0.6 is 0 Å². The van der Waals surface area contributed by atoms with E-state index in [1.807, 2.05) is 35.2 Å². The van der Waals surface area contributed by atoms with Gasteiger partial charge in [-0.1, -0.05) is 58.9 Å². The topological polar surface area (TPSA) is 73.8 Å². The summed E-state index contributed by atoms with van der Waals surface area (Å²) >= 11 is 0. The zero-order valence-corrected chi connectivity index (χ0v) is 22.4. The van der Waals surface area contributed by atoms with Gasteiger partial charge in [0.2, 0.25) is 0 Å². The monoisotopic (exact) mass is 491 g/mol. The number of ether oxygens (including phenoxy) is 1. The predicted molar refractivity (Wildman–Crippen MR) is 145 cm³/mol. The van der Waals surface area contributed by atoms with Gasteiger partial charge in [-0.2, -0.15) is 0 Å². The maximum absolute atomic E-state index is 12.9. The van der Waals surface area contributed by atoms with Crippen LogP contribution in [0.15, 0.2) is 48.5 Å². The lowest BCUT2D eigenvalue weighted by molar-refractivity contribution is 0.00901. The van der Waals surface area contributed by atoms with Gasteiger partial charge in [-0.3, -0.25) is 9.69 Å². The molecule has 6 nitrogen and oxygen atoms in total. The summed E-state index contributed by atoms with van der Waals surface area (Å²) in [5.74, 6) is 0.737. The molecule has 2 heterocycles. The normalized spacial score (nSPS) is 17.8. The summed E-state index contributed by atoms with van der Waals surface area (Å²) in [4.78, 5) is 15.0. The minimum atomic E-state index is -0.626. The van der Waals surface area contributed by atoms with Crippen LogP contribution in [0.2, 0.25) is 0 Å². The molecule has 36 heavy (non-hydrogen) atoms. The molecule has 1 unspecified atom stereocenters. The van der Waals surface area contributed by atoms with Crippen LogP contribution in [0.3, 0.4) is 0 Å². The Hall–Kier alpha value is -2.67. The van der Waals surface area contributed by atoms with Crippen molar-refractivity contribution in [1.29, 1.82) is 0 Å². The Labute approximate surface area is 215 Å². The van der Waals surface area contributed by atoms with E-state index in [1.165, 1.54) is 0 Å². The number of carbonyl (C=O) groups is 1. The van der Waals surface area contributed by atoms with Gasteiger partial charge < -0.3 is 20.5 Å². The van der Waals surface area contributed by atoms with Crippen molar-refractivity contribution in [1.82, 2.24) is 15.5 Å². The van der Waals surface area contributed by atoms with Crippen LogP contribution in [-0.2, 0) is 0 Å². The molecule has 2 aliphatic heterocycles. The molecule has 1 spiro atoms. The van der Waals surface area contributed by atoms with Gasteiger partial charge in [-0.25, -0.2) is 0 Å². The highest BCUT2D eigenvalue weighted by Crippen LogP contribution is 2.43. The predicted octanol–water partition coefficient (Wildman–Crippen LogP) is 4.74. The number of carbonyl (C=O) groups excluding carboxylic acids is 1. The number of fused-ring (bicyclic) bond motifs is 1. The first kappa shape index (κ1) is 26.4. The van der Waals surface area contributed by atoms with E-state index >= 15 is 0 Å². The highest BCUT2D eigenvalue weighted by molar-refractivity contribution is 5.97. The Kier molecular flexibility index (Phi) is 7.88. The fourth-order valence-electron chi connectivity index (χ4n) is 4.96. The molecule has 3 N–H and O–H groups in total. The van der Waals surface area contributed by atoms with Crippen LogP contribution in [0.4, 0.5) is 0 Å². The zero-order chi connectivity index (χ0) is 25.9. The minimum absolute atomic E-state index is 0.0108. The Balaban J connectivity index is 1.70. The molecule has 1 saturated heterocycles. The van der Waals surface area contributed by atoms with Gasteiger partial charge in [0.05, 0.1) is 0 Å². The van der Waals surface area contributed by atoms with Crippen molar-refractivity contribution in [3.63, 3.8) is 0 Å². The molecule has 1 atom stereocenters. The highest BCUT2D eigenvalue weighted by Gasteiger charge is 2.37. The molecule has 0 bridgehead atoms. The van der Waals surface area contributed by atoms with Crippen LogP contribution in [-0.4, -0.2) is 54.2 Å². The molecule has 0 aromatic heterocycles. The van der Waals surface area contributed by atoms with Crippen molar-refractivity contribution in [2.75, 3.05) is 32.7 Å². The summed E-state index contributed by atoms with van der Waals surface area (Å²) in [6.07, 6.45) is 3.41. The lowest BCUT2D eigenvalue weighted by atomic mass is 9.83. The van der Waals surface area contributed by atoms with E-state index in [0.717, 1.165) is 67.0 Å². The van der Waals surface area contributed by atoms with Crippen LogP contribution < -0.4 is 15.4 Å². The number of nitrogens with one attached hydrogen (secondary N) is 2. The van der Waals surface area contributed by atoms with E-state index in [9.17, 15) is 9.90 Å². The fourth-order valence-corrected chi connectivity index (χ4v) is 4.96. The van der Waals surface area contributed by atoms with Gasteiger partial charge in [0, 0.05) is 30.5 Å². The minimum Gasteiger partial charge on any atom is -0.482 e. The van der Waals surface area contributed by atoms with E-state index in [2.05, 4.69) is 63.5 Å². The molecule has 0 saturated carbocycles. The summed E-state index contributed by atoms with van der Waals surface area (Å²) in [5, 5.41) is 17.3. The van der Waals surface area contributed by atoms with Crippen LogP contribution in [0, 0.1) is 5.41 Å². The van der Waals surface area contributed by atoms with E-state index < -0.39 is 6.23 Å². The quantitative estimate of drug-likeness (QED) is 0.488. The molecule has 0 aliphatic carbocycles. The third-order valence-electron chi connectivity index (χ3n) is 7.16. The third-order valence-corrected chi connectivity index (χ3v) is 7.16. The van der Waals surface area contributed by atoms with Crippen LogP contribution in [0.5, 0.6) is 5.75 Å². The smallest absolute Gasteiger partial charge is 0.251 e. The van der Waals surface area contributed by atoms with Gasteiger partial charge in [0.25, 0.3) is 5.91 Å². The van der Waals surface area contributed by atoms with E-state index in [4.69, 9.17) is 4.74 Å². The van der Waals surface area contributed by atoms with Crippen molar-refractivity contribution >= 4 is 11.5 Å². The SMILES string of the molecule is CCN(CC)C(O)c1ccc(C2=CC3(CCNCC3)Oc3ccc(C(=O)NCC(C)(C)C)cc32)cc1. The number of rotatable bonds is 7. The summed E-state index contributed by atoms with van der Waals surface area (Å²) in [6, 6.07) is 13.9. The Morgan fingerprint density at radius 1 is 1.11 bits per heavy atom. The highest BCUT2D eigenvalue weighted by atomic mass is 16.5. The van der Waals surface area contributed by atoms with Gasteiger partial charge in [0.15, 0.2) is 0 Å². The average Bonchev–Trinajstić information content (AvgIpc) is 2.87. The van der Waals surface area contributed by atoms with Crippen molar-refractivity contribution in [2.45, 2.75) is 59.3 Å². The lowest BCUT2D eigenvalue weighted by Crippen LogP contribution is -2.46. The lowest BCUT2D eigenvalue weighted by Gasteiger charge is -2.40. The van der Waals surface area contributed by atoms with Crippen LogP contribution in [0.25, 0.3) is 5.57 Å². The molecular formula is C30H41N3O3. The average molecular weight is 492 g/mol. The number of amides is 1. The van der Waals surface area contributed by atoms with Gasteiger partial charge in [-0.05, 0) is 72.6 Å². The number of benzene rings is 2.